The quantitative estimate of drug-likeness (QED) is 0.691. The van der Waals surface area contributed by atoms with E-state index in [-0.39, 0.29) is 35.2 Å². The summed E-state index contributed by atoms with van der Waals surface area (Å²) in [6, 6.07) is 8.01. The number of benzene rings is 1. The van der Waals surface area contributed by atoms with E-state index in [4.69, 9.17) is 11.0 Å². The Hall–Kier alpha value is -3.32. The van der Waals surface area contributed by atoms with Crippen molar-refractivity contribution in [3.63, 3.8) is 0 Å². The van der Waals surface area contributed by atoms with Crippen LogP contribution in [0.2, 0.25) is 0 Å². The number of Topliss-reactive ketones (excluding diaryl/α,β-unsaturated/α-hetero) is 1. The molecule has 4 rings (SSSR count). The van der Waals surface area contributed by atoms with E-state index < -0.39 is 21.3 Å². The van der Waals surface area contributed by atoms with Crippen LogP contribution in [-0.2, 0) is 21.9 Å². The van der Waals surface area contributed by atoms with Crippen LogP contribution in [0.4, 0.5) is 4.39 Å². The van der Waals surface area contributed by atoms with E-state index in [9.17, 15) is 13.4 Å². The number of hydrogen-bond acceptors (Lipinski definition) is 7. The van der Waals surface area contributed by atoms with Gasteiger partial charge in [-0.25, -0.2) is 18.0 Å². The Labute approximate surface area is 192 Å². The molecule has 2 aliphatic heterocycles. The third-order valence-electron chi connectivity index (χ3n) is 5.94. The zero-order valence-electron chi connectivity index (χ0n) is 18.5. The summed E-state index contributed by atoms with van der Waals surface area (Å²) in [4.78, 5) is 21.5. The van der Waals surface area contributed by atoms with Crippen LogP contribution in [0.5, 0.6) is 0 Å². The first-order chi connectivity index (χ1) is 15.6. The van der Waals surface area contributed by atoms with Gasteiger partial charge in [0.05, 0.1) is 17.9 Å². The number of hydrogen-bond donors (Lipinski definition) is 1. The lowest BCUT2D eigenvalue weighted by molar-refractivity contribution is 0.0987. The summed E-state index contributed by atoms with van der Waals surface area (Å²) < 4.78 is 34.6. The first-order valence-electron chi connectivity index (χ1n) is 10.7. The van der Waals surface area contributed by atoms with E-state index in [0.717, 1.165) is 12.8 Å². The predicted molar refractivity (Wildman–Crippen MR) is 123 cm³/mol. The molecule has 1 aromatic heterocycles. The molecule has 2 atom stereocenters. The summed E-state index contributed by atoms with van der Waals surface area (Å²) in [5.41, 5.74) is 7.03. The van der Waals surface area contributed by atoms with Gasteiger partial charge in [0.25, 0.3) is 0 Å². The Balaban J connectivity index is 1.68. The number of aliphatic imine (C=N–C) groups is 1. The number of nitrogens with zero attached hydrogens (tertiary/aromatic N) is 5. The Morgan fingerprint density at radius 1 is 1.36 bits per heavy atom. The van der Waals surface area contributed by atoms with Crippen LogP contribution in [0.3, 0.4) is 0 Å². The minimum atomic E-state index is -2.85. The van der Waals surface area contributed by atoms with Crippen molar-refractivity contribution in [2.24, 2.45) is 15.1 Å². The maximum Gasteiger partial charge on any atom is 0.204 e. The third kappa shape index (κ3) is 4.33. The highest BCUT2D eigenvalue weighted by Gasteiger charge is 2.42. The number of nitriles is 1. The van der Waals surface area contributed by atoms with E-state index in [2.05, 4.69) is 14.3 Å². The second kappa shape index (κ2) is 8.56. The molecule has 172 valence electrons. The summed E-state index contributed by atoms with van der Waals surface area (Å²) in [5.74, 6) is -0.645. The molecular formula is C23H25FN6O2S. The number of nitrogens with two attached hydrogens (primary N) is 1. The molecule has 33 heavy (non-hydrogen) atoms. The van der Waals surface area contributed by atoms with Gasteiger partial charge in [-0.3, -0.25) is 14.1 Å². The first-order valence-corrected chi connectivity index (χ1v) is 12.3. The van der Waals surface area contributed by atoms with E-state index >= 15 is 0 Å². The molecule has 2 N–H and O–H groups in total. The van der Waals surface area contributed by atoms with E-state index in [0.29, 0.717) is 29.8 Å². The smallest absolute Gasteiger partial charge is 0.204 e. The van der Waals surface area contributed by atoms with Gasteiger partial charge in [-0.05, 0) is 56.0 Å². The van der Waals surface area contributed by atoms with E-state index in [1.54, 1.807) is 30.3 Å². The summed E-state index contributed by atoms with van der Waals surface area (Å²) in [7, 11) is -2.85. The van der Waals surface area contributed by atoms with Crippen molar-refractivity contribution in [2.45, 2.75) is 38.6 Å². The average Bonchev–Trinajstić information content (AvgIpc) is 2.95. The predicted octanol–water partition coefficient (Wildman–Crippen LogP) is 2.85. The van der Waals surface area contributed by atoms with Crippen molar-refractivity contribution >= 4 is 21.7 Å². The van der Waals surface area contributed by atoms with Crippen molar-refractivity contribution in [1.82, 2.24) is 9.29 Å². The van der Waals surface area contributed by atoms with Crippen molar-refractivity contribution in [2.75, 3.05) is 18.8 Å². The summed E-state index contributed by atoms with van der Waals surface area (Å²) in [5, 5.41) is 9.00. The summed E-state index contributed by atoms with van der Waals surface area (Å²) >= 11 is 0. The van der Waals surface area contributed by atoms with Crippen molar-refractivity contribution in [1.29, 1.82) is 5.26 Å². The largest absolute Gasteiger partial charge is 0.369 e. The van der Waals surface area contributed by atoms with Crippen molar-refractivity contribution in [3.8, 4) is 6.07 Å². The van der Waals surface area contributed by atoms with Crippen LogP contribution in [0.15, 0.2) is 39.8 Å². The molecule has 0 bridgehead atoms. The number of carbonyl (C=O) groups is 1. The lowest BCUT2D eigenvalue weighted by atomic mass is 9.91. The molecule has 10 heteroatoms. The number of aryl methyl sites for hydroxylation is 1. The molecule has 0 aliphatic carbocycles. The maximum atomic E-state index is 15.0. The second-order valence-electron chi connectivity index (χ2n) is 8.57. The van der Waals surface area contributed by atoms with Crippen LogP contribution in [0.25, 0.3) is 0 Å². The van der Waals surface area contributed by atoms with Gasteiger partial charge in [0.2, 0.25) is 5.96 Å². The average molecular weight is 469 g/mol. The molecular weight excluding hydrogens is 443 g/mol. The van der Waals surface area contributed by atoms with Crippen LogP contribution in [-0.4, -0.2) is 44.1 Å². The number of ketones is 1. The molecule has 0 spiro atoms. The Morgan fingerprint density at radius 2 is 2.15 bits per heavy atom. The van der Waals surface area contributed by atoms with Crippen LogP contribution in [0, 0.1) is 24.1 Å². The van der Waals surface area contributed by atoms with E-state index in [1.807, 2.05) is 6.07 Å². The molecule has 3 heterocycles. The standard InChI is InChI=1S/C23H25FN6O2S/c1-15-9-17(12-25)13-27-21(15)20(31)11-16-5-6-19(24)18(10-16)23(2)14-33(32)28-7-3-4-8-30(33)22(26)29-23/h5-6,9-10,13H,3-4,7-8,11,14H2,1-2H3,(H2,26,29)/t23-,33-/m0/s1. The highest BCUT2D eigenvalue weighted by Crippen LogP contribution is 2.36. The third-order valence-corrected chi connectivity index (χ3v) is 8.52. The zero-order chi connectivity index (χ0) is 23.8. The van der Waals surface area contributed by atoms with Gasteiger partial charge in [0, 0.05) is 24.7 Å². The van der Waals surface area contributed by atoms with Gasteiger partial charge in [-0.2, -0.15) is 5.26 Å². The maximum absolute atomic E-state index is 15.0. The minimum Gasteiger partial charge on any atom is -0.369 e. The number of aromatic nitrogens is 1. The molecule has 0 fully saturated rings. The fourth-order valence-electron chi connectivity index (χ4n) is 4.31. The number of pyridine rings is 1. The number of guanidine groups is 1. The summed E-state index contributed by atoms with van der Waals surface area (Å²) in [6.45, 7) is 4.38. The molecule has 0 amide bonds. The Kier molecular flexibility index (Phi) is 5.93. The van der Waals surface area contributed by atoms with Gasteiger partial charge in [-0.1, -0.05) is 6.07 Å². The highest BCUT2D eigenvalue weighted by molar-refractivity contribution is 7.92. The van der Waals surface area contributed by atoms with E-state index in [1.165, 1.54) is 18.3 Å². The topological polar surface area (TPSA) is 125 Å². The number of halogens is 1. The van der Waals surface area contributed by atoms with Gasteiger partial charge in [0.1, 0.15) is 33.0 Å². The molecule has 0 saturated carbocycles. The van der Waals surface area contributed by atoms with Crippen molar-refractivity contribution < 1.29 is 13.4 Å². The lowest BCUT2D eigenvalue weighted by Gasteiger charge is -2.38. The molecule has 0 unspecified atom stereocenters. The van der Waals surface area contributed by atoms with Crippen LogP contribution >= 0.6 is 0 Å². The van der Waals surface area contributed by atoms with Crippen LogP contribution in [0.1, 0.15) is 52.5 Å². The molecule has 8 nitrogen and oxygen atoms in total. The van der Waals surface area contributed by atoms with Crippen molar-refractivity contribution in [3.05, 3.63) is 64.2 Å². The van der Waals surface area contributed by atoms with Gasteiger partial charge < -0.3 is 5.73 Å². The first kappa shape index (κ1) is 22.9. The molecule has 2 aromatic rings. The van der Waals surface area contributed by atoms with Gasteiger partial charge >= 0.3 is 0 Å². The van der Waals surface area contributed by atoms with Crippen LogP contribution < -0.4 is 5.73 Å². The fraction of sp³-hybridized carbons (Fsp3) is 0.391. The SMILES string of the molecule is Cc1cc(C#N)cnc1C(=O)Cc1ccc(F)c([C@]2(C)C[S@]3(=O)=NCCCCN3C(N)=N2)c1. The number of rotatable bonds is 4. The molecule has 1 aromatic carbocycles. The molecule has 0 radical (unpaired) electrons. The minimum absolute atomic E-state index is 0.00578. The number of carbonyl (C=O) groups excluding carboxylic acids is 1. The Morgan fingerprint density at radius 3 is 2.88 bits per heavy atom. The Bertz CT molecular complexity index is 1320. The molecule has 2 aliphatic rings. The zero-order valence-corrected chi connectivity index (χ0v) is 19.4. The fourth-order valence-corrected chi connectivity index (χ4v) is 6.81. The highest BCUT2D eigenvalue weighted by atomic mass is 32.2. The summed E-state index contributed by atoms with van der Waals surface area (Å²) in [6.07, 6.45) is 2.97. The molecule has 0 saturated heterocycles. The number of fused-ring (bicyclic) bond motifs is 1. The monoisotopic (exact) mass is 468 g/mol. The second-order valence-corrected chi connectivity index (χ2v) is 10.8. The normalized spacial score (nSPS) is 24.7. The van der Waals surface area contributed by atoms with Gasteiger partial charge in [0.15, 0.2) is 5.78 Å². The van der Waals surface area contributed by atoms with Gasteiger partial charge in [-0.15, -0.1) is 0 Å². The lowest BCUT2D eigenvalue weighted by Crippen LogP contribution is -2.52.